The second kappa shape index (κ2) is 8.50. The molecule has 1 saturated heterocycles. The van der Waals surface area contributed by atoms with Gasteiger partial charge in [0.1, 0.15) is 6.61 Å². The lowest BCUT2D eigenvalue weighted by atomic mass is 10.2. The number of hydrogen-bond donors (Lipinski definition) is 0. The lowest BCUT2D eigenvalue weighted by Crippen LogP contribution is -2.35. The lowest BCUT2D eigenvalue weighted by Gasteiger charge is -2.21. The Bertz CT molecular complexity index is 631. The summed E-state index contributed by atoms with van der Waals surface area (Å²) < 4.78 is 5.45. The topological polar surface area (TPSA) is 32.8 Å². The van der Waals surface area contributed by atoms with E-state index in [-0.39, 0.29) is 6.09 Å². The fourth-order valence-electron chi connectivity index (χ4n) is 2.96. The number of hydrogen-bond acceptors (Lipinski definition) is 3. The van der Waals surface area contributed by atoms with Gasteiger partial charge in [-0.1, -0.05) is 60.7 Å². The Kier molecular flexibility index (Phi) is 5.85. The molecule has 1 aliphatic heterocycles. The van der Waals surface area contributed by atoms with Gasteiger partial charge >= 0.3 is 6.09 Å². The molecule has 24 heavy (non-hydrogen) atoms. The zero-order valence-electron chi connectivity index (χ0n) is 13.9. The average molecular weight is 324 g/mol. The van der Waals surface area contributed by atoms with Crippen molar-refractivity contribution in [3.8, 4) is 0 Å². The number of rotatable bonds is 4. The average Bonchev–Trinajstić information content (AvgIpc) is 2.87. The zero-order valence-corrected chi connectivity index (χ0v) is 13.9. The largest absolute Gasteiger partial charge is 0.445 e. The molecule has 0 radical (unpaired) electrons. The third kappa shape index (κ3) is 4.83. The summed E-state index contributed by atoms with van der Waals surface area (Å²) in [6.07, 6.45) is 0.771. The molecule has 1 heterocycles. The Labute approximate surface area is 143 Å². The van der Waals surface area contributed by atoms with Crippen molar-refractivity contribution in [3.05, 3.63) is 71.8 Å². The van der Waals surface area contributed by atoms with Crippen molar-refractivity contribution in [1.82, 2.24) is 9.80 Å². The summed E-state index contributed by atoms with van der Waals surface area (Å²) in [4.78, 5) is 16.5. The second-order valence-electron chi connectivity index (χ2n) is 6.14. The molecule has 0 spiro atoms. The van der Waals surface area contributed by atoms with E-state index >= 15 is 0 Å². The molecule has 0 bridgehead atoms. The minimum absolute atomic E-state index is 0.208. The van der Waals surface area contributed by atoms with Gasteiger partial charge in [-0.05, 0) is 17.5 Å². The number of nitrogens with zero attached hydrogens (tertiary/aromatic N) is 2. The van der Waals surface area contributed by atoms with Crippen LogP contribution in [0.5, 0.6) is 0 Å². The molecule has 1 aliphatic rings. The van der Waals surface area contributed by atoms with Crippen molar-refractivity contribution in [2.75, 3.05) is 26.2 Å². The molecule has 0 saturated carbocycles. The summed E-state index contributed by atoms with van der Waals surface area (Å²) in [6, 6.07) is 20.3. The molecular weight excluding hydrogens is 300 g/mol. The highest BCUT2D eigenvalue weighted by Gasteiger charge is 2.20. The first-order valence-corrected chi connectivity index (χ1v) is 8.53. The molecule has 0 atom stereocenters. The summed E-state index contributed by atoms with van der Waals surface area (Å²) in [7, 11) is 0. The van der Waals surface area contributed by atoms with Gasteiger partial charge in [0.2, 0.25) is 0 Å². The molecule has 126 valence electrons. The molecule has 4 nitrogen and oxygen atoms in total. The van der Waals surface area contributed by atoms with Crippen LogP contribution in [0.2, 0.25) is 0 Å². The predicted molar refractivity (Wildman–Crippen MR) is 94.5 cm³/mol. The zero-order chi connectivity index (χ0) is 16.6. The van der Waals surface area contributed by atoms with Crippen LogP contribution in [0.25, 0.3) is 0 Å². The summed E-state index contributed by atoms with van der Waals surface area (Å²) in [5.41, 5.74) is 2.34. The van der Waals surface area contributed by atoms with Gasteiger partial charge in [-0.3, -0.25) is 4.90 Å². The number of ether oxygens (including phenoxy) is 1. The Morgan fingerprint density at radius 3 is 2.21 bits per heavy atom. The van der Waals surface area contributed by atoms with E-state index in [0.717, 1.165) is 44.7 Å². The Hall–Kier alpha value is -2.33. The van der Waals surface area contributed by atoms with Crippen molar-refractivity contribution >= 4 is 6.09 Å². The van der Waals surface area contributed by atoms with Crippen molar-refractivity contribution in [2.45, 2.75) is 19.6 Å². The molecule has 1 amide bonds. The van der Waals surface area contributed by atoms with Gasteiger partial charge in [-0.2, -0.15) is 0 Å². The molecule has 0 aromatic heterocycles. The highest BCUT2D eigenvalue weighted by Crippen LogP contribution is 2.10. The smallest absolute Gasteiger partial charge is 0.410 e. The van der Waals surface area contributed by atoms with Crippen LogP contribution in [-0.4, -0.2) is 42.1 Å². The Balaban J connectivity index is 1.47. The van der Waals surface area contributed by atoms with Gasteiger partial charge in [-0.15, -0.1) is 0 Å². The lowest BCUT2D eigenvalue weighted by molar-refractivity contribution is 0.0972. The summed E-state index contributed by atoms with van der Waals surface area (Å²) in [5.74, 6) is 0. The number of benzene rings is 2. The maximum atomic E-state index is 12.3. The molecule has 0 aliphatic carbocycles. The van der Waals surface area contributed by atoms with E-state index < -0.39 is 0 Å². The fraction of sp³-hybridized carbons (Fsp3) is 0.350. The molecule has 4 heteroatoms. The maximum absolute atomic E-state index is 12.3. The number of carbonyl (C=O) groups excluding carboxylic acids is 1. The van der Waals surface area contributed by atoms with Crippen LogP contribution in [0.15, 0.2) is 60.7 Å². The fourth-order valence-corrected chi connectivity index (χ4v) is 2.96. The van der Waals surface area contributed by atoms with Crippen LogP contribution in [0.3, 0.4) is 0 Å². The van der Waals surface area contributed by atoms with Crippen molar-refractivity contribution in [3.63, 3.8) is 0 Å². The maximum Gasteiger partial charge on any atom is 0.410 e. The first-order chi connectivity index (χ1) is 11.8. The van der Waals surface area contributed by atoms with Crippen LogP contribution in [-0.2, 0) is 17.9 Å². The molecule has 2 aromatic rings. The van der Waals surface area contributed by atoms with Crippen LogP contribution in [0.1, 0.15) is 17.5 Å². The van der Waals surface area contributed by atoms with Gasteiger partial charge in [0.05, 0.1) is 0 Å². The number of amides is 1. The van der Waals surface area contributed by atoms with E-state index in [1.165, 1.54) is 5.56 Å². The monoisotopic (exact) mass is 324 g/mol. The van der Waals surface area contributed by atoms with Crippen LogP contribution in [0.4, 0.5) is 4.79 Å². The Morgan fingerprint density at radius 1 is 0.833 bits per heavy atom. The summed E-state index contributed by atoms with van der Waals surface area (Å²) >= 11 is 0. The SMILES string of the molecule is O=C(OCc1ccccc1)N1CCCN(Cc2ccccc2)CC1. The minimum atomic E-state index is -0.208. The first-order valence-electron chi connectivity index (χ1n) is 8.53. The number of carbonyl (C=O) groups is 1. The summed E-state index contributed by atoms with van der Waals surface area (Å²) in [6.45, 7) is 4.66. The quantitative estimate of drug-likeness (QED) is 0.862. The molecular formula is C20H24N2O2. The van der Waals surface area contributed by atoms with E-state index in [9.17, 15) is 4.79 Å². The van der Waals surface area contributed by atoms with E-state index in [1.807, 2.05) is 41.3 Å². The van der Waals surface area contributed by atoms with Gasteiger partial charge < -0.3 is 9.64 Å². The van der Waals surface area contributed by atoms with E-state index in [0.29, 0.717) is 6.61 Å². The van der Waals surface area contributed by atoms with Crippen molar-refractivity contribution in [2.24, 2.45) is 0 Å². The Morgan fingerprint density at radius 2 is 1.50 bits per heavy atom. The normalized spacial score (nSPS) is 15.8. The first kappa shape index (κ1) is 16.5. The molecule has 0 unspecified atom stereocenters. The van der Waals surface area contributed by atoms with Crippen LogP contribution in [0, 0.1) is 0 Å². The van der Waals surface area contributed by atoms with Gasteiger partial charge in [0, 0.05) is 32.7 Å². The van der Waals surface area contributed by atoms with Gasteiger partial charge in [0.15, 0.2) is 0 Å². The molecule has 3 rings (SSSR count). The highest BCUT2D eigenvalue weighted by molar-refractivity contribution is 5.67. The van der Waals surface area contributed by atoms with Crippen molar-refractivity contribution < 1.29 is 9.53 Å². The molecule has 1 fully saturated rings. The minimum Gasteiger partial charge on any atom is -0.445 e. The van der Waals surface area contributed by atoms with E-state index in [4.69, 9.17) is 4.74 Å². The van der Waals surface area contributed by atoms with Gasteiger partial charge in [0.25, 0.3) is 0 Å². The van der Waals surface area contributed by atoms with Crippen molar-refractivity contribution in [1.29, 1.82) is 0 Å². The van der Waals surface area contributed by atoms with E-state index in [1.54, 1.807) is 0 Å². The van der Waals surface area contributed by atoms with Gasteiger partial charge in [-0.25, -0.2) is 4.79 Å². The third-order valence-corrected chi connectivity index (χ3v) is 4.30. The molecule has 2 aromatic carbocycles. The van der Waals surface area contributed by atoms with Crippen LogP contribution >= 0.6 is 0 Å². The van der Waals surface area contributed by atoms with E-state index in [2.05, 4.69) is 29.2 Å². The summed E-state index contributed by atoms with van der Waals surface area (Å²) in [5, 5.41) is 0. The second-order valence-corrected chi connectivity index (χ2v) is 6.14. The highest BCUT2D eigenvalue weighted by atomic mass is 16.6. The third-order valence-electron chi connectivity index (χ3n) is 4.30. The predicted octanol–water partition coefficient (Wildman–Crippen LogP) is 3.53. The standard InChI is InChI=1S/C20H24N2O2/c23-20(24-17-19-10-5-2-6-11-19)22-13-7-12-21(14-15-22)16-18-8-3-1-4-9-18/h1-6,8-11H,7,12-17H2. The molecule has 0 N–H and O–H groups in total. The van der Waals surface area contributed by atoms with Crippen LogP contribution < -0.4 is 0 Å².